The summed E-state index contributed by atoms with van der Waals surface area (Å²) in [6.45, 7) is 2.21. The van der Waals surface area contributed by atoms with E-state index in [-0.39, 0.29) is 6.10 Å². The lowest BCUT2D eigenvalue weighted by atomic mass is 9.97. The summed E-state index contributed by atoms with van der Waals surface area (Å²) in [4.78, 5) is 0. The highest BCUT2D eigenvalue weighted by atomic mass is 28.2. The summed E-state index contributed by atoms with van der Waals surface area (Å²) in [5.41, 5.74) is 1.29. The molecule has 14 heavy (non-hydrogen) atoms. The van der Waals surface area contributed by atoms with Crippen molar-refractivity contribution in [1.29, 1.82) is 0 Å². The molecule has 0 N–H and O–H groups in total. The fourth-order valence-corrected chi connectivity index (χ4v) is 2.55. The monoisotopic (exact) mass is 202 g/mol. The van der Waals surface area contributed by atoms with Gasteiger partial charge in [-0.1, -0.05) is 49.4 Å². The van der Waals surface area contributed by atoms with Gasteiger partial charge in [0.05, 0.1) is 6.10 Å². The van der Waals surface area contributed by atoms with Gasteiger partial charge in [-0.25, -0.2) is 0 Å². The van der Waals surface area contributed by atoms with Gasteiger partial charge in [0.15, 0.2) is 0 Å². The van der Waals surface area contributed by atoms with E-state index in [0.717, 1.165) is 6.04 Å². The highest BCUT2D eigenvalue weighted by Crippen LogP contribution is 2.28. The third-order valence-electron chi connectivity index (χ3n) is 2.46. The molecule has 2 rings (SSSR count). The van der Waals surface area contributed by atoms with Crippen LogP contribution in [0.3, 0.4) is 0 Å². The SMILES string of the molecule is CC1C=CC[Si]OC1c1ccccc1. The molecular formula is C12H14OSi. The Morgan fingerprint density at radius 3 is 2.86 bits per heavy atom. The Morgan fingerprint density at radius 2 is 2.07 bits per heavy atom. The molecule has 72 valence electrons. The van der Waals surface area contributed by atoms with Crippen molar-refractivity contribution in [3.05, 3.63) is 48.0 Å². The molecule has 0 saturated carbocycles. The zero-order chi connectivity index (χ0) is 9.80. The van der Waals surface area contributed by atoms with Gasteiger partial charge in [0.2, 0.25) is 9.76 Å². The number of benzene rings is 1. The van der Waals surface area contributed by atoms with Crippen LogP contribution in [0.5, 0.6) is 0 Å². The van der Waals surface area contributed by atoms with Crippen LogP contribution in [-0.2, 0) is 4.43 Å². The van der Waals surface area contributed by atoms with E-state index in [1.165, 1.54) is 5.56 Å². The largest absolute Gasteiger partial charge is 0.410 e. The normalized spacial score (nSPS) is 27.2. The predicted molar refractivity (Wildman–Crippen MR) is 59.1 cm³/mol. The van der Waals surface area contributed by atoms with E-state index in [4.69, 9.17) is 4.43 Å². The molecule has 1 aromatic rings. The first kappa shape index (κ1) is 9.68. The second kappa shape index (κ2) is 4.58. The first-order valence-electron chi connectivity index (χ1n) is 4.98. The Hall–Kier alpha value is -0.863. The topological polar surface area (TPSA) is 9.23 Å². The van der Waals surface area contributed by atoms with E-state index in [1.54, 1.807) is 0 Å². The average Bonchev–Trinajstić information content (AvgIpc) is 2.44. The number of rotatable bonds is 1. The Bertz CT molecular complexity index is 307. The van der Waals surface area contributed by atoms with Crippen molar-refractivity contribution < 1.29 is 4.43 Å². The maximum atomic E-state index is 5.87. The maximum Gasteiger partial charge on any atom is 0.234 e. The average molecular weight is 202 g/mol. The van der Waals surface area contributed by atoms with Gasteiger partial charge in [-0.3, -0.25) is 0 Å². The summed E-state index contributed by atoms with van der Waals surface area (Å²) in [5, 5.41) is 0. The van der Waals surface area contributed by atoms with Crippen molar-refractivity contribution in [2.75, 3.05) is 0 Å². The van der Waals surface area contributed by atoms with Crippen molar-refractivity contribution in [3.63, 3.8) is 0 Å². The van der Waals surface area contributed by atoms with Crippen LogP contribution < -0.4 is 0 Å². The van der Waals surface area contributed by atoms with Crippen LogP contribution in [0, 0.1) is 5.92 Å². The third-order valence-corrected chi connectivity index (χ3v) is 3.28. The van der Waals surface area contributed by atoms with Crippen molar-refractivity contribution >= 4 is 9.76 Å². The third kappa shape index (κ3) is 2.14. The summed E-state index contributed by atoms with van der Waals surface area (Å²) in [6.07, 6.45) is 4.73. The first-order valence-corrected chi connectivity index (χ1v) is 6.09. The van der Waals surface area contributed by atoms with Crippen LogP contribution >= 0.6 is 0 Å². The van der Waals surface area contributed by atoms with Crippen LogP contribution in [0.2, 0.25) is 6.04 Å². The minimum atomic E-state index is 0.244. The smallest absolute Gasteiger partial charge is 0.234 e. The molecule has 2 heteroatoms. The quantitative estimate of drug-likeness (QED) is 0.502. The van der Waals surface area contributed by atoms with Crippen LogP contribution in [0.25, 0.3) is 0 Å². The molecule has 1 aliphatic rings. The lowest BCUT2D eigenvalue weighted by Gasteiger charge is -2.20. The van der Waals surface area contributed by atoms with Gasteiger partial charge in [0.1, 0.15) is 0 Å². The summed E-state index contributed by atoms with van der Waals surface area (Å²) < 4.78 is 5.87. The number of hydrogen-bond acceptors (Lipinski definition) is 1. The van der Waals surface area contributed by atoms with Gasteiger partial charge in [-0.15, -0.1) is 0 Å². The van der Waals surface area contributed by atoms with E-state index in [9.17, 15) is 0 Å². The van der Waals surface area contributed by atoms with Gasteiger partial charge in [-0.2, -0.15) is 0 Å². The molecule has 0 aliphatic carbocycles. The molecular weight excluding hydrogens is 188 g/mol. The Labute approximate surface area is 87.7 Å². The molecule has 2 atom stereocenters. The van der Waals surface area contributed by atoms with Gasteiger partial charge in [-0.05, 0) is 11.6 Å². The van der Waals surface area contributed by atoms with Gasteiger partial charge in [0, 0.05) is 5.92 Å². The van der Waals surface area contributed by atoms with E-state index in [1.807, 2.05) is 6.07 Å². The molecule has 2 unspecified atom stereocenters. The maximum absolute atomic E-state index is 5.87. The molecule has 0 fully saturated rings. The van der Waals surface area contributed by atoms with Crippen molar-refractivity contribution in [2.24, 2.45) is 5.92 Å². The molecule has 0 amide bonds. The van der Waals surface area contributed by atoms with Gasteiger partial charge < -0.3 is 4.43 Å². The van der Waals surface area contributed by atoms with Gasteiger partial charge in [0.25, 0.3) is 0 Å². The molecule has 0 bridgehead atoms. The summed E-state index contributed by atoms with van der Waals surface area (Å²) >= 11 is 0. The van der Waals surface area contributed by atoms with E-state index in [0.29, 0.717) is 15.7 Å². The molecule has 0 spiro atoms. The van der Waals surface area contributed by atoms with Crippen LogP contribution in [0.1, 0.15) is 18.6 Å². The zero-order valence-corrected chi connectivity index (χ0v) is 9.31. The number of allylic oxidation sites excluding steroid dienone is 1. The van der Waals surface area contributed by atoms with Crippen LogP contribution in [0.4, 0.5) is 0 Å². The molecule has 1 aromatic carbocycles. The zero-order valence-electron chi connectivity index (χ0n) is 8.31. The van der Waals surface area contributed by atoms with Crippen LogP contribution in [0.15, 0.2) is 42.5 Å². The predicted octanol–water partition coefficient (Wildman–Crippen LogP) is 2.99. The Morgan fingerprint density at radius 1 is 1.29 bits per heavy atom. The van der Waals surface area contributed by atoms with E-state index >= 15 is 0 Å². The summed E-state index contributed by atoms with van der Waals surface area (Å²) in [5.74, 6) is 0.479. The second-order valence-corrected chi connectivity index (χ2v) is 4.52. The molecule has 2 radical (unpaired) electrons. The van der Waals surface area contributed by atoms with E-state index < -0.39 is 0 Å². The lowest BCUT2D eigenvalue weighted by Crippen LogP contribution is -2.12. The van der Waals surface area contributed by atoms with Gasteiger partial charge >= 0.3 is 0 Å². The fourth-order valence-electron chi connectivity index (χ4n) is 1.69. The Kier molecular flexibility index (Phi) is 3.17. The fraction of sp³-hybridized carbons (Fsp3) is 0.333. The highest BCUT2D eigenvalue weighted by molar-refractivity contribution is 6.28. The molecule has 0 saturated heterocycles. The highest BCUT2D eigenvalue weighted by Gasteiger charge is 2.19. The van der Waals surface area contributed by atoms with E-state index in [2.05, 4.69) is 43.3 Å². The minimum Gasteiger partial charge on any atom is -0.410 e. The molecule has 1 nitrogen and oxygen atoms in total. The lowest BCUT2D eigenvalue weighted by molar-refractivity contribution is 0.179. The summed E-state index contributed by atoms with van der Waals surface area (Å²) in [6, 6.07) is 11.5. The Balaban J connectivity index is 2.20. The van der Waals surface area contributed by atoms with Crippen LogP contribution in [-0.4, -0.2) is 9.76 Å². The first-order chi connectivity index (χ1) is 6.88. The molecule has 0 aromatic heterocycles. The number of hydrogen-bond donors (Lipinski definition) is 0. The molecule has 1 heterocycles. The van der Waals surface area contributed by atoms with Crippen molar-refractivity contribution in [1.82, 2.24) is 0 Å². The molecule has 1 aliphatic heterocycles. The summed E-state index contributed by atoms with van der Waals surface area (Å²) in [7, 11) is 0.600. The minimum absolute atomic E-state index is 0.244. The standard InChI is InChI=1S/C12H14OSi/c1-10-6-5-9-14-13-12(10)11-7-3-2-4-8-11/h2-8,10,12H,9H2,1H3. The van der Waals surface area contributed by atoms with Crippen molar-refractivity contribution in [3.8, 4) is 0 Å². The second-order valence-electron chi connectivity index (χ2n) is 3.58. The van der Waals surface area contributed by atoms with Crippen molar-refractivity contribution in [2.45, 2.75) is 19.1 Å².